The van der Waals surface area contributed by atoms with E-state index in [1.165, 1.54) is 0 Å². The van der Waals surface area contributed by atoms with Crippen molar-refractivity contribution in [3.63, 3.8) is 0 Å². The topological polar surface area (TPSA) is 86.7 Å². The first kappa shape index (κ1) is 16.0. The van der Waals surface area contributed by atoms with Gasteiger partial charge in [0.05, 0.1) is 5.92 Å². The third kappa shape index (κ3) is 3.44. The number of nitrogens with one attached hydrogen (secondary N) is 1. The zero-order valence-electron chi connectivity index (χ0n) is 12.7. The maximum absolute atomic E-state index is 12.1. The Kier molecular flexibility index (Phi) is 4.80. The summed E-state index contributed by atoms with van der Waals surface area (Å²) in [5.41, 5.74) is 1.85. The minimum absolute atomic E-state index is 0.107. The molecule has 0 bridgehead atoms. The molecule has 0 aromatic heterocycles. The van der Waals surface area contributed by atoms with E-state index >= 15 is 0 Å². The average Bonchev–Trinajstić information content (AvgIpc) is 2.87. The second-order valence-electron chi connectivity index (χ2n) is 5.55. The van der Waals surface area contributed by atoms with Gasteiger partial charge in [0.1, 0.15) is 6.04 Å². The van der Waals surface area contributed by atoms with Gasteiger partial charge in [-0.3, -0.25) is 9.59 Å². The summed E-state index contributed by atoms with van der Waals surface area (Å²) in [5, 5.41) is 11.5. The van der Waals surface area contributed by atoms with Crippen LogP contribution in [0.2, 0.25) is 0 Å². The second-order valence-corrected chi connectivity index (χ2v) is 5.55. The lowest BCUT2D eigenvalue weighted by Gasteiger charge is -2.18. The molecule has 0 radical (unpaired) electrons. The standard InChI is InChI=1S/C16H20N2O4/c1-3-13(16(21)22)17-15(20)11-8-14(19)18(9-11)12-6-4-10(2)5-7-12/h4-7,11,13H,3,8-9H2,1-2H3,(H,17,20)(H,21,22). The predicted octanol–water partition coefficient (Wildman–Crippen LogP) is 1.33. The molecule has 1 aromatic carbocycles. The van der Waals surface area contributed by atoms with Crippen LogP contribution >= 0.6 is 0 Å². The van der Waals surface area contributed by atoms with E-state index in [0.717, 1.165) is 11.3 Å². The van der Waals surface area contributed by atoms with Crippen molar-refractivity contribution in [3.05, 3.63) is 29.8 Å². The van der Waals surface area contributed by atoms with E-state index in [2.05, 4.69) is 5.32 Å². The number of aliphatic carboxylic acids is 1. The maximum Gasteiger partial charge on any atom is 0.326 e. The molecule has 1 aromatic rings. The largest absolute Gasteiger partial charge is 0.480 e. The molecule has 0 aliphatic carbocycles. The van der Waals surface area contributed by atoms with E-state index in [0.29, 0.717) is 6.42 Å². The van der Waals surface area contributed by atoms with Crippen molar-refractivity contribution in [2.75, 3.05) is 11.4 Å². The smallest absolute Gasteiger partial charge is 0.326 e. The molecule has 1 aliphatic heterocycles. The van der Waals surface area contributed by atoms with Crippen LogP contribution in [0.15, 0.2) is 24.3 Å². The fraction of sp³-hybridized carbons (Fsp3) is 0.438. The van der Waals surface area contributed by atoms with Gasteiger partial charge in [0.25, 0.3) is 0 Å². The van der Waals surface area contributed by atoms with Gasteiger partial charge in [-0.25, -0.2) is 4.79 Å². The molecule has 2 atom stereocenters. The average molecular weight is 304 g/mol. The number of rotatable bonds is 5. The number of carboxylic acids is 1. The highest BCUT2D eigenvalue weighted by Gasteiger charge is 2.36. The molecule has 2 N–H and O–H groups in total. The van der Waals surface area contributed by atoms with Gasteiger partial charge in [-0.15, -0.1) is 0 Å². The number of benzene rings is 1. The molecule has 0 spiro atoms. The highest BCUT2D eigenvalue weighted by molar-refractivity contribution is 6.00. The number of amides is 2. The number of hydrogen-bond acceptors (Lipinski definition) is 3. The van der Waals surface area contributed by atoms with E-state index in [-0.39, 0.29) is 24.8 Å². The fourth-order valence-corrected chi connectivity index (χ4v) is 2.49. The van der Waals surface area contributed by atoms with Crippen molar-refractivity contribution in [3.8, 4) is 0 Å². The SMILES string of the molecule is CCC(NC(=O)C1CC(=O)N(c2ccc(C)cc2)C1)C(=O)O. The Bertz CT molecular complexity index is 582. The molecule has 2 rings (SSSR count). The monoisotopic (exact) mass is 304 g/mol. The highest BCUT2D eigenvalue weighted by atomic mass is 16.4. The van der Waals surface area contributed by atoms with Gasteiger partial charge in [0.2, 0.25) is 11.8 Å². The molecule has 1 aliphatic rings. The van der Waals surface area contributed by atoms with Crippen LogP contribution in [0.1, 0.15) is 25.3 Å². The molecule has 22 heavy (non-hydrogen) atoms. The molecule has 118 valence electrons. The maximum atomic E-state index is 12.1. The van der Waals surface area contributed by atoms with Gasteiger partial charge < -0.3 is 15.3 Å². The second kappa shape index (κ2) is 6.60. The fourth-order valence-electron chi connectivity index (χ4n) is 2.49. The van der Waals surface area contributed by atoms with Gasteiger partial charge in [0, 0.05) is 18.7 Å². The number of nitrogens with zero attached hydrogens (tertiary/aromatic N) is 1. The molecule has 2 amide bonds. The van der Waals surface area contributed by atoms with Gasteiger partial charge in [-0.2, -0.15) is 0 Å². The zero-order valence-corrected chi connectivity index (χ0v) is 12.7. The van der Waals surface area contributed by atoms with Crippen LogP contribution in [-0.2, 0) is 14.4 Å². The van der Waals surface area contributed by atoms with Crippen molar-refractivity contribution in [1.29, 1.82) is 0 Å². The molecular formula is C16H20N2O4. The molecular weight excluding hydrogens is 284 g/mol. The zero-order chi connectivity index (χ0) is 16.3. The van der Waals surface area contributed by atoms with Crippen molar-refractivity contribution in [2.24, 2.45) is 5.92 Å². The summed E-state index contributed by atoms with van der Waals surface area (Å²) in [6, 6.07) is 6.61. The van der Waals surface area contributed by atoms with Crippen LogP contribution in [0, 0.1) is 12.8 Å². The van der Waals surface area contributed by atoms with E-state index in [9.17, 15) is 14.4 Å². The minimum Gasteiger partial charge on any atom is -0.480 e. The first-order valence-corrected chi connectivity index (χ1v) is 7.32. The van der Waals surface area contributed by atoms with Crippen molar-refractivity contribution < 1.29 is 19.5 Å². The minimum atomic E-state index is -1.06. The van der Waals surface area contributed by atoms with Crippen LogP contribution in [0.5, 0.6) is 0 Å². The summed E-state index contributed by atoms with van der Waals surface area (Å²) in [5.74, 6) is -2.07. The van der Waals surface area contributed by atoms with Crippen molar-refractivity contribution in [2.45, 2.75) is 32.7 Å². The van der Waals surface area contributed by atoms with E-state index < -0.39 is 17.9 Å². The summed E-state index contributed by atoms with van der Waals surface area (Å²) in [7, 11) is 0. The Hall–Kier alpha value is -2.37. The Labute approximate surface area is 129 Å². The molecule has 1 fully saturated rings. The van der Waals surface area contributed by atoms with Crippen LogP contribution in [0.3, 0.4) is 0 Å². The van der Waals surface area contributed by atoms with E-state index in [1.54, 1.807) is 11.8 Å². The number of aryl methyl sites for hydroxylation is 1. The van der Waals surface area contributed by atoms with Gasteiger partial charge in [-0.1, -0.05) is 24.6 Å². The van der Waals surface area contributed by atoms with Gasteiger partial charge >= 0.3 is 5.97 Å². The number of carboxylic acid groups (broad SMARTS) is 1. The summed E-state index contributed by atoms with van der Waals surface area (Å²) < 4.78 is 0. The van der Waals surface area contributed by atoms with Crippen molar-refractivity contribution in [1.82, 2.24) is 5.32 Å². The predicted molar refractivity (Wildman–Crippen MR) is 81.5 cm³/mol. The molecule has 6 nitrogen and oxygen atoms in total. The summed E-state index contributed by atoms with van der Waals surface area (Å²) in [6.07, 6.45) is 0.416. The number of carbonyl (C=O) groups excluding carboxylic acids is 2. The first-order chi connectivity index (χ1) is 10.4. The van der Waals surface area contributed by atoms with Crippen LogP contribution in [-0.4, -0.2) is 35.5 Å². The number of anilines is 1. The molecule has 6 heteroatoms. The Morgan fingerprint density at radius 2 is 2.00 bits per heavy atom. The quantitative estimate of drug-likeness (QED) is 0.859. The lowest BCUT2D eigenvalue weighted by molar-refractivity contribution is -0.142. The Balaban J connectivity index is 2.04. The Morgan fingerprint density at radius 1 is 1.36 bits per heavy atom. The summed E-state index contributed by atoms with van der Waals surface area (Å²) in [6.45, 7) is 3.93. The summed E-state index contributed by atoms with van der Waals surface area (Å²) in [4.78, 5) is 36.8. The third-order valence-electron chi connectivity index (χ3n) is 3.86. The Morgan fingerprint density at radius 3 is 2.55 bits per heavy atom. The lowest BCUT2D eigenvalue weighted by atomic mass is 10.1. The molecule has 0 saturated carbocycles. The highest BCUT2D eigenvalue weighted by Crippen LogP contribution is 2.25. The third-order valence-corrected chi connectivity index (χ3v) is 3.86. The number of hydrogen-bond donors (Lipinski definition) is 2. The summed E-state index contributed by atoms with van der Waals surface area (Å²) >= 11 is 0. The molecule has 1 saturated heterocycles. The lowest BCUT2D eigenvalue weighted by Crippen LogP contribution is -2.43. The van der Waals surface area contributed by atoms with Crippen molar-refractivity contribution >= 4 is 23.5 Å². The molecule has 1 heterocycles. The van der Waals surface area contributed by atoms with Crippen LogP contribution in [0.25, 0.3) is 0 Å². The van der Waals surface area contributed by atoms with E-state index in [4.69, 9.17) is 5.11 Å². The number of carbonyl (C=O) groups is 3. The van der Waals surface area contributed by atoms with Crippen LogP contribution < -0.4 is 10.2 Å². The van der Waals surface area contributed by atoms with Crippen LogP contribution in [0.4, 0.5) is 5.69 Å². The van der Waals surface area contributed by atoms with Gasteiger partial charge in [0.15, 0.2) is 0 Å². The first-order valence-electron chi connectivity index (χ1n) is 7.32. The van der Waals surface area contributed by atoms with E-state index in [1.807, 2.05) is 31.2 Å². The molecule has 2 unspecified atom stereocenters. The normalized spacial score (nSPS) is 19.1. The van der Waals surface area contributed by atoms with Gasteiger partial charge in [-0.05, 0) is 25.5 Å².